The molecular weight excluding hydrogens is 252 g/mol. The summed E-state index contributed by atoms with van der Waals surface area (Å²) in [6.07, 6.45) is -6.36. The molecule has 0 saturated heterocycles. The van der Waals surface area contributed by atoms with Crippen LogP contribution >= 0.6 is 11.6 Å². The summed E-state index contributed by atoms with van der Waals surface area (Å²) in [6, 6.07) is 2.02. The van der Waals surface area contributed by atoms with E-state index in [1.807, 2.05) is 0 Å². The van der Waals surface area contributed by atoms with Gasteiger partial charge in [-0.1, -0.05) is 11.6 Å². The third-order valence-electron chi connectivity index (χ3n) is 1.44. The molecule has 0 saturated carbocycles. The lowest BCUT2D eigenvalue weighted by Crippen LogP contribution is -2.20. The van der Waals surface area contributed by atoms with Gasteiger partial charge >= 0.3 is 6.43 Å². The molecule has 3 nitrogen and oxygen atoms in total. The predicted octanol–water partition coefficient (Wildman–Crippen LogP) is 2.69. The summed E-state index contributed by atoms with van der Waals surface area (Å²) in [5, 5.41) is 7.80. The standard InChI is InChI=1S/C8H3ClF4N2O/c9-5-4(10)1-3(2-14)8(15-5)16-7(13)6(11)12/h1,6-7H. The molecule has 0 amide bonds. The highest BCUT2D eigenvalue weighted by Gasteiger charge is 2.23. The molecule has 0 aliphatic rings. The summed E-state index contributed by atoms with van der Waals surface area (Å²) in [5.74, 6) is -1.81. The van der Waals surface area contributed by atoms with Crippen LogP contribution in [0.25, 0.3) is 0 Å². The number of aromatic nitrogens is 1. The van der Waals surface area contributed by atoms with E-state index in [0.29, 0.717) is 6.07 Å². The molecule has 0 fully saturated rings. The van der Waals surface area contributed by atoms with Crippen molar-refractivity contribution < 1.29 is 22.3 Å². The molecule has 1 aromatic heterocycles. The van der Waals surface area contributed by atoms with E-state index in [0.717, 1.165) is 0 Å². The third-order valence-corrected chi connectivity index (χ3v) is 1.71. The summed E-state index contributed by atoms with van der Waals surface area (Å²) >= 11 is 5.22. The fourth-order valence-electron chi connectivity index (χ4n) is 0.779. The lowest BCUT2D eigenvalue weighted by atomic mass is 10.3. The Morgan fingerprint density at radius 3 is 2.56 bits per heavy atom. The Kier molecular flexibility index (Phi) is 3.90. The predicted molar refractivity (Wildman–Crippen MR) is 45.4 cm³/mol. The fourth-order valence-corrected chi connectivity index (χ4v) is 0.910. The summed E-state index contributed by atoms with van der Waals surface area (Å²) in [7, 11) is 0. The highest BCUT2D eigenvalue weighted by molar-refractivity contribution is 6.29. The van der Waals surface area contributed by atoms with Crippen molar-refractivity contribution in [2.75, 3.05) is 0 Å². The Balaban J connectivity index is 3.04. The molecule has 0 N–H and O–H groups in total. The maximum atomic E-state index is 12.8. The molecule has 0 aliphatic heterocycles. The number of nitriles is 1. The second-order valence-corrected chi connectivity index (χ2v) is 2.89. The Hall–Kier alpha value is -1.55. The average Bonchev–Trinajstić information content (AvgIpc) is 2.22. The highest BCUT2D eigenvalue weighted by atomic mass is 35.5. The fraction of sp³-hybridized carbons (Fsp3) is 0.250. The first-order valence-electron chi connectivity index (χ1n) is 3.80. The minimum absolute atomic E-state index is 0.523. The SMILES string of the molecule is N#Cc1cc(F)c(Cl)nc1OC(F)C(F)F. The number of hydrogen-bond acceptors (Lipinski definition) is 3. The lowest BCUT2D eigenvalue weighted by Gasteiger charge is -2.10. The average molecular weight is 255 g/mol. The van der Waals surface area contributed by atoms with E-state index in [2.05, 4.69) is 9.72 Å². The molecule has 0 aromatic carbocycles. The maximum Gasteiger partial charge on any atom is 0.304 e. The number of nitrogens with zero attached hydrogens (tertiary/aromatic N) is 2. The van der Waals surface area contributed by atoms with Crippen molar-refractivity contribution in [3.05, 3.63) is 22.6 Å². The number of halogens is 5. The van der Waals surface area contributed by atoms with Crippen molar-refractivity contribution in [1.29, 1.82) is 5.26 Å². The van der Waals surface area contributed by atoms with Crippen LogP contribution in [-0.4, -0.2) is 17.8 Å². The first kappa shape index (κ1) is 12.5. The quantitative estimate of drug-likeness (QED) is 0.615. The van der Waals surface area contributed by atoms with E-state index in [-0.39, 0.29) is 0 Å². The van der Waals surface area contributed by atoms with E-state index in [1.54, 1.807) is 0 Å². The molecule has 1 aromatic rings. The Labute approximate surface area is 92.2 Å². The molecule has 1 atom stereocenters. The number of ether oxygens (including phenoxy) is 1. The molecule has 1 heterocycles. The topological polar surface area (TPSA) is 45.9 Å². The van der Waals surface area contributed by atoms with Crippen molar-refractivity contribution in [2.24, 2.45) is 0 Å². The van der Waals surface area contributed by atoms with E-state index < -0.39 is 35.2 Å². The Bertz CT molecular complexity index is 435. The Morgan fingerprint density at radius 2 is 2.06 bits per heavy atom. The van der Waals surface area contributed by atoms with E-state index in [4.69, 9.17) is 16.9 Å². The zero-order chi connectivity index (χ0) is 12.3. The van der Waals surface area contributed by atoms with Gasteiger partial charge in [0.05, 0.1) is 0 Å². The lowest BCUT2D eigenvalue weighted by molar-refractivity contribution is -0.0692. The van der Waals surface area contributed by atoms with Gasteiger partial charge in [0.15, 0.2) is 11.0 Å². The molecule has 0 radical (unpaired) electrons. The molecule has 16 heavy (non-hydrogen) atoms. The molecular formula is C8H3ClF4N2O. The summed E-state index contributed by atoms with van der Waals surface area (Å²) in [5.41, 5.74) is -0.523. The van der Waals surface area contributed by atoms with Crippen LogP contribution in [-0.2, 0) is 0 Å². The molecule has 0 aliphatic carbocycles. The third kappa shape index (κ3) is 2.73. The van der Waals surface area contributed by atoms with Gasteiger partial charge in [-0.3, -0.25) is 0 Å². The molecule has 1 rings (SSSR count). The van der Waals surface area contributed by atoms with E-state index >= 15 is 0 Å². The van der Waals surface area contributed by atoms with Crippen LogP contribution in [0.5, 0.6) is 5.88 Å². The molecule has 8 heteroatoms. The van der Waals surface area contributed by atoms with Gasteiger partial charge in [0.1, 0.15) is 11.6 Å². The van der Waals surface area contributed by atoms with Gasteiger partial charge in [0.2, 0.25) is 5.88 Å². The first-order chi connectivity index (χ1) is 7.45. The van der Waals surface area contributed by atoms with Crippen LogP contribution in [0, 0.1) is 17.1 Å². The van der Waals surface area contributed by atoms with E-state index in [1.165, 1.54) is 6.07 Å². The second-order valence-electron chi connectivity index (χ2n) is 2.53. The van der Waals surface area contributed by atoms with Crippen LogP contribution in [0.4, 0.5) is 17.6 Å². The smallest absolute Gasteiger partial charge is 0.304 e. The van der Waals surface area contributed by atoms with Gasteiger partial charge in [0.25, 0.3) is 6.36 Å². The van der Waals surface area contributed by atoms with Gasteiger partial charge in [-0.2, -0.15) is 14.6 Å². The van der Waals surface area contributed by atoms with Crippen molar-refractivity contribution in [1.82, 2.24) is 4.98 Å². The van der Waals surface area contributed by atoms with Crippen molar-refractivity contribution >= 4 is 11.6 Å². The van der Waals surface area contributed by atoms with Gasteiger partial charge in [0, 0.05) is 6.07 Å². The molecule has 86 valence electrons. The summed E-state index contributed by atoms with van der Waals surface area (Å²) < 4.78 is 53.0. The number of alkyl halides is 3. The summed E-state index contributed by atoms with van der Waals surface area (Å²) in [6.45, 7) is 0. The number of hydrogen-bond donors (Lipinski definition) is 0. The maximum absolute atomic E-state index is 12.8. The van der Waals surface area contributed by atoms with E-state index in [9.17, 15) is 17.6 Å². The van der Waals surface area contributed by atoms with Crippen LogP contribution in [0.1, 0.15) is 5.56 Å². The zero-order valence-electron chi connectivity index (χ0n) is 7.42. The molecule has 1 unspecified atom stereocenters. The minimum Gasteiger partial charge on any atom is -0.436 e. The van der Waals surface area contributed by atoms with Crippen molar-refractivity contribution in [3.8, 4) is 11.9 Å². The van der Waals surface area contributed by atoms with Gasteiger partial charge in [-0.25, -0.2) is 13.2 Å². The Morgan fingerprint density at radius 1 is 1.44 bits per heavy atom. The first-order valence-corrected chi connectivity index (χ1v) is 4.18. The van der Waals surface area contributed by atoms with Gasteiger partial charge < -0.3 is 4.74 Å². The largest absolute Gasteiger partial charge is 0.436 e. The second kappa shape index (κ2) is 4.99. The summed E-state index contributed by atoms with van der Waals surface area (Å²) in [4.78, 5) is 3.14. The monoisotopic (exact) mass is 254 g/mol. The van der Waals surface area contributed by atoms with Crippen molar-refractivity contribution in [3.63, 3.8) is 0 Å². The van der Waals surface area contributed by atoms with Crippen LogP contribution in [0.2, 0.25) is 5.15 Å². The normalized spacial score (nSPS) is 12.3. The molecule has 0 bridgehead atoms. The minimum atomic E-state index is -3.41. The van der Waals surface area contributed by atoms with Gasteiger partial charge in [-0.05, 0) is 0 Å². The van der Waals surface area contributed by atoms with Gasteiger partial charge in [-0.15, -0.1) is 0 Å². The van der Waals surface area contributed by atoms with Crippen LogP contribution in [0.3, 0.4) is 0 Å². The van der Waals surface area contributed by atoms with Crippen LogP contribution in [0.15, 0.2) is 6.07 Å². The van der Waals surface area contributed by atoms with Crippen molar-refractivity contribution in [2.45, 2.75) is 12.8 Å². The number of pyridine rings is 1. The molecule has 0 spiro atoms. The zero-order valence-corrected chi connectivity index (χ0v) is 8.18. The van der Waals surface area contributed by atoms with Crippen LogP contribution < -0.4 is 4.74 Å². The number of rotatable bonds is 3. The highest BCUT2D eigenvalue weighted by Crippen LogP contribution is 2.23.